The number of rotatable bonds is 3. The van der Waals surface area contributed by atoms with E-state index in [1.807, 2.05) is 0 Å². The minimum Gasteiger partial charge on any atom is -0.294 e. The van der Waals surface area contributed by atoms with Gasteiger partial charge in [-0.15, -0.1) is 0 Å². The monoisotopic (exact) mass is 388 g/mol. The first-order chi connectivity index (χ1) is 13.3. The van der Waals surface area contributed by atoms with E-state index < -0.39 is 23.1 Å². The Morgan fingerprint density at radius 3 is 2.57 bits per heavy atom. The van der Waals surface area contributed by atoms with E-state index in [2.05, 4.69) is 10.1 Å². The quantitative estimate of drug-likeness (QED) is 0.502. The fourth-order valence-electron chi connectivity index (χ4n) is 2.87. The molecule has 142 valence electrons. The summed E-state index contributed by atoms with van der Waals surface area (Å²) in [6.07, 6.45) is -2.04. The van der Waals surface area contributed by atoms with Gasteiger partial charge in [-0.25, -0.2) is 14.1 Å². The normalized spacial score (nSPS) is 11.9. The van der Waals surface area contributed by atoms with E-state index >= 15 is 0 Å². The minimum absolute atomic E-state index is 0.0246. The number of fused-ring (bicyclic) bond motifs is 1. The average molecular weight is 388 g/mol. The molecule has 0 aliphatic carbocycles. The number of alkyl halides is 3. The number of hydrogen-bond acceptors (Lipinski definition) is 3. The van der Waals surface area contributed by atoms with Crippen LogP contribution in [0.4, 0.5) is 17.6 Å². The van der Waals surface area contributed by atoms with Crippen molar-refractivity contribution in [1.82, 2.24) is 19.3 Å². The summed E-state index contributed by atoms with van der Waals surface area (Å²) >= 11 is 0. The predicted molar refractivity (Wildman–Crippen MR) is 93.6 cm³/mol. The Hall–Kier alpha value is -3.49. The molecule has 0 amide bonds. The van der Waals surface area contributed by atoms with Gasteiger partial charge in [0, 0.05) is 5.56 Å². The predicted octanol–water partition coefficient (Wildman–Crippen LogP) is 3.79. The third kappa shape index (κ3) is 3.15. The van der Waals surface area contributed by atoms with E-state index in [4.69, 9.17) is 0 Å². The van der Waals surface area contributed by atoms with E-state index in [0.29, 0.717) is 5.56 Å². The van der Waals surface area contributed by atoms with Crippen molar-refractivity contribution in [1.29, 1.82) is 0 Å². The van der Waals surface area contributed by atoms with Gasteiger partial charge in [-0.05, 0) is 24.3 Å². The largest absolute Gasteiger partial charge is 0.416 e. The molecule has 0 saturated heterocycles. The molecule has 0 atom stereocenters. The zero-order valence-electron chi connectivity index (χ0n) is 14.2. The SMILES string of the molecule is O=c1c2cnn(-c3cccc(C(F)(F)F)c3)c2ncn1Cc1ccccc1F. The maximum Gasteiger partial charge on any atom is 0.416 e. The van der Waals surface area contributed by atoms with Crippen LogP contribution in [0.1, 0.15) is 11.1 Å². The third-order valence-electron chi connectivity index (χ3n) is 4.27. The zero-order valence-corrected chi connectivity index (χ0v) is 14.2. The van der Waals surface area contributed by atoms with Crippen molar-refractivity contribution in [3.05, 3.63) is 88.4 Å². The second kappa shape index (κ2) is 6.59. The molecular weight excluding hydrogens is 376 g/mol. The Morgan fingerprint density at radius 2 is 1.82 bits per heavy atom. The highest BCUT2D eigenvalue weighted by atomic mass is 19.4. The van der Waals surface area contributed by atoms with Crippen LogP contribution < -0.4 is 5.56 Å². The summed E-state index contributed by atoms with van der Waals surface area (Å²) in [6.45, 7) is -0.0246. The fourth-order valence-corrected chi connectivity index (χ4v) is 2.87. The molecule has 5 nitrogen and oxygen atoms in total. The molecule has 4 rings (SSSR count). The van der Waals surface area contributed by atoms with Gasteiger partial charge in [-0.2, -0.15) is 18.3 Å². The van der Waals surface area contributed by atoms with Crippen LogP contribution in [0.25, 0.3) is 16.7 Å². The Labute approximate surface area is 155 Å². The maximum atomic E-state index is 13.8. The van der Waals surface area contributed by atoms with Gasteiger partial charge in [-0.1, -0.05) is 24.3 Å². The third-order valence-corrected chi connectivity index (χ3v) is 4.27. The number of hydrogen-bond donors (Lipinski definition) is 0. The number of aromatic nitrogens is 4. The van der Waals surface area contributed by atoms with Gasteiger partial charge < -0.3 is 0 Å². The van der Waals surface area contributed by atoms with Crippen LogP contribution in [-0.2, 0) is 12.7 Å². The van der Waals surface area contributed by atoms with Crippen LogP contribution in [0.5, 0.6) is 0 Å². The fraction of sp³-hybridized carbons (Fsp3) is 0.105. The minimum atomic E-state index is -4.50. The molecule has 0 aliphatic rings. The van der Waals surface area contributed by atoms with Crippen molar-refractivity contribution < 1.29 is 17.6 Å². The molecule has 0 radical (unpaired) electrons. The van der Waals surface area contributed by atoms with Crippen molar-refractivity contribution in [2.75, 3.05) is 0 Å². The lowest BCUT2D eigenvalue weighted by Crippen LogP contribution is -2.21. The van der Waals surface area contributed by atoms with E-state index in [-0.39, 0.29) is 23.3 Å². The second-order valence-electron chi connectivity index (χ2n) is 6.11. The van der Waals surface area contributed by atoms with Gasteiger partial charge in [0.2, 0.25) is 0 Å². The first-order valence-corrected chi connectivity index (χ1v) is 8.19. The number of benzene rings is 2. The van der Waals surface area contributed by atoms with Crippen molar-refractivity contribution in [2.24, 2.45) is 0 Å². The van der Waals surface area contributed by atoms with Crippen molar-refractivity contribution >= 4 is 11.0 Å². The van der Waals surface area contributed by atoms with Crippen LogP contribution in [0.2, 0.25) is 0 Å². The van der Waals surface area contributed by atoms with Crippen LogP contribution >= 0.6 is 0 Å². The van der Waals surface area contributed by atoms with E-state index in [1.54, 1.807) is 18.2 Å². The molecule has 0 bridgehead atoms. The Bertz CT molecular complexity index is 1230. The summed E-state index contributed by atoms with van der Waals surface area (Å²) in [6, 6.07) is 10.6. The Morgan fingerprint density at radius 1 is 1.04 bits per heavy atom. The summed E-state index contributed by atoms with van der Waals surface area (Å²) in [5.74, 6) is -0.450. The summed E-state index contributed by atoms with van der Waals surface area (Å²) in [7, 11) is 0. The Balaban J connectivity index is 1.78. The molecule has 4 aromatic rings. The number of halogens is 4. The maximum absolute atomic E-state index is 13.8. The van der Waals surface area contributed by atoms with Gasteiger partial charge in [0.1, 0.15) is 17.5 Å². The van der Waals surface area contributed by atoms with Crippen molar-refractivity contribution in [2.45, 2.75) is 12.7 Å². The van der Waals surface area contributed by atoms with Gasteiger partial charge >= 0.3 is 6.18 Å². The van der Waals surface area contributed by atoms with E-state index in [9.17, 15) is 22.4 Å². The van der Waals surface area contributed by atoms with E-state index in [0.717, 1.165) is 12.1 Å². The van der Waals surface area contributed by atoms with Gasteiger partial charge in [0.15, 0.2) is 5.65 Å². The first kappa shape index (κ1) is 17.9. The lowest BCUT2D eigenvalue weighted by molar-refractivity contribution is -0.137. The molecular formula is C19H12F4N4O. The highest BCUT2D eigenvalue weighted by molar-refractivity contribution is 5.75. The topological polar surface area (TPSA) is 52.7 Å². The standard InChI is InChI=1S/C19H12F4N4O/c20-16-7-2-1-4-12(16)10-26-11-24-17-15(18(26)28)9-25-27(17)14-6-3-5-13(8-14)19(21,22)23/h1-9,11H,10H2. The molecule has 0 spiro atoms. The second-order valence-corrected chi connectivity index (χ2v) is 6.11. The van der Waals surface area contributed by atoms with Gasteiger partial charge in [0.25, 0.3) is 5.56 Å². The summed E-state index contributed by atoms with van der Waals surface area (Å²) in [4.78, 5) is 16.8. The lowest BCUT2D eigenvalue weighted by Gasteiger charge is -2.09. The summed E-state index contributed by atoms with van der Waals surface area (Å²) < 4.78 is 55.1. The van der Waals surface area contributed by atoms with E-state index in [1.165, 1.54) is 40.0 Å². The molecule has 2 heterocycles. The molecule has 2 aromatic carbocycles. The lowest BCUT2D eigenvalue weighted by atomic mass is 10.2. The van der Waals surface area contributed by atoms with Crippen LogP contribution in [0, 0.1) is 5.82 Å². The Kier molecular flexibility index (Phi) is 4.21. The molecule has 2 aromatic heterocycles. The molecule has 0 fully saturated rings. The smallest absolute Gasteiger partial charge is 0.294 e. The van der Waals surface area contributed by atoms with Crippen molar-refractivity contribution in [3.63, 3.8) is 0 Å². The average Bonchev–Trinajstić information content (AvgIpc) is 3.10. The zero-order chi connectivity index (χ0) is 19.9. The van der Waals surface area contributed by atoms with Crippen LogP contribution in [0.15, 0.2) is 65.8 Å². The van der Waals surface area contributed by atoms with Gasteiger partial charge in [0.05, 0.1) is 24.0 Å². The molecule has 0 unspecified atom stereocenters. The van der Waals surface area contributed by atoms with Gasteiger partial charge in [-0.3, -0.25) is 9.36 Å². The summed E-state index contributed by atoms with van der Waals surface area (Å²) in [5, 5.41) is 4.14. The number of nitrogens with zero attached hydrogens (tertiary/aromatic N) is 4. The van der Waals surface area contributed by atoms with Crippen molar-refractivity contribution in [3.8, 4) is 5.69 Å². The highest BCUT2D eigenvalue weighted by Crippen LogP contribution is 2.30. The van der Waals surface area contributed by atoms with Crippen LogP contribution in [-0.4, -0.2) is 19.3 Å². The molecule has 9 heteroatoms. The molecule has 0 aliphatic heterocycles. The molecule has 0 saturated carbocycles. The summed E-state index contributed by atoms with van der Waals surface area (Å²) in [5.41, 5.74) is -0.735. The van der Waals surface area contributed by atoms with Crippen LogP contribution in [0.3, 0.4) is 0 Å². The molecule has 0 N–H and O–H groups in total. The highest BCUT2D eigenvalue weighted by Gasteiger charge is 2.30. The molecule has 28 heavy (non-hydrogen) atoms. The first-order valence-electron chi connectivity index (χ1n) is 8.19.